The third kappa shape index (κ3) is 5.39. The van der Waals surface area contributed by atoms with E-state index in [1.807, 2.05) is 60.9 Å². The fourth-order valence-electron chi connectivity index (χ4n) is 4.84. The lowest BCUT2D eigenvalue weighted by molar-refractivity contribution is -0.0647. The minimum atomic E-state index is -0.329. The molecule has 2 bridgehead atoms. The van der Waals surface area contributed by atoms with E-state index >= 15 is 0 Å². The zero-order valence-electron chi connectivity index (χ0n) is 21.1. The summed E-state index contributed by atoms with van der Waals surface area (Å²) in [4.78, 5) is 17.9. The van der Waals surface area contributed by atoms with E-state index in [1.54, 1.807) is 19.5 Å². The normalized spacial score (nSPS) is 18.9. The van der Waals surface area contributed by atoms with E-state index in [0.29, 0.717) is 30.5 Å². The van der Waals surface area contributed by atoms with Crippen LogP contribution in [0.2, 0.25) is 0 Å². The molecule has 7 rings (SSSR count). The smallest absolute Gasteiger partial charge is 0.318 e. The Hall–Kier alpha value is -3.36. The van der Waals surface area contributed by atoms with Crippen molar-refractivity contribution >= 4 is 11.2 Å². The second-order valence-corrected chi connectivity index (χ2v) is 9.29. The molecule has 0 amide bonds. The number of methoxy groups -OCH3 is 1. The Morgan fingerprint density at radius 1 is 1.00 bits per heavy atom. The molecular formula is C28H33N5O3. The Balaban J connectivity index is 0.000000382. The summed E-state index contributed by atoms with van der Waals surface area (Å²) in [6.07, 6.45) is 10.5. The van der Waals surface area contributed by atoms with Crippen molar-refractivity contribution in [1.29, 1.82) is 0 Å². The number of nitrogens with zero attached hydrogens (tertiary/aromatic N) is 5. The molecule has 0 spiro atoms. The predicted octanol–water partition coefficient (Wildman–Crippen LogP) is 4.98. The van der Waals surface area contributed by atoms with Gasteiger partial charge in [0.15, 0.2) is 11.9 Å². The Labute approximate surface area is 211 Å². The van der Waals surface area contributed by atoms with Crippen molar-refractivity contribution in [3.63, 3.8) is 0 Å². The van der Waals surface area contributed by atoms with Gasteiger partial charge < -0.3 is 14.2 Å². The lowest BCUT2D eigenvalue weighted by Gasteiger charge is -2.23. The van der Waals surface area contributed by atoms with Crippen LogP contribution in [0.25, 0.3) is 11.2 Å². The van der Waals surface area contributed by atoms with Crippen LogP contribution in [-0.4, -0.2) is 50.4 Å². The quantitative estimate of drug-likeness (QED) is 0.324. The van der Waals surface area contributed by atoms with Crippen molar-refractivity contribution < 1.29 is 14.2 Å². The van der Waals surface area contributed by atoms with Crippen LogP contribution in [-0.2, 0) is 15.9 Å². The third-order valence-electron chi connectivity index (χ3n) is 6.72. The maximum atomic E-state index is 5.88. The second-order valence-electron chi connectivity index (χ2n) is 9.29. The number of ether oxygens (including phenoxy) is 3. The number of aromatic nitrogens is 5. The monoisotopic (exact) mass is 487 g/mol. The molecule has 1 aliphatic carbocycles. The van der Waals surface area contributed by atoms with Crippen LogP contribution in [0.1, 0.15) is 54.6 Å². The summed E-state index contributed by atoms with van der Waals surface area (Å²) in [5, 5.41) is 0. The van der Waals surface area contributed by atoms with Crippen molar-refractivity contribution in [3.8, 4) is 6.01 Å². The number of pyridine rings is 1. The number of benzene rings is 1. The van der Waals surface area contributed by atoms with Crippen molar-refractivity contribution in [2.24, 2.45) is 0 Å². The first-order valence-corrected chi connectivity index (χ1v) is 12.6. The van der Waals surface area contributed by atoms with Gasteiger partial charge in [0.2, 0.25) is 0 Å². The first kappa shape index (κ1) is 24.3. The molecule has 3 aliphatic rings. The molecule has 5 heterocycles. The fourth-order valence-corrected chi connectivity index (χ4v) is 4.84. The minimum Gasteiger partial charge on any atom is -0.463 e. The summed E-state index contributed by atoms with van der Waals surface area (Å²) in [5.41, 5.74) is 4.52. The summed E-state index contributed by atoms with van der Waals surface area (Å²) in [6.45, 7) is 4.41. The Bertz CT molecular complexity index is 1260. The van der Waals surface area contributed by atoms with Gasteiger partial charge in [-0.15, -0.1) is 0 Å². The van der Waals surface area contributed by atoms with Crippen LogP contribution in [0.3, 0.4) is 0 Å². The summed E-state index contributed by atoms with van der Waals surface area (Å²) < 4.78 is 18.9. The van der Waals surface area contributed by atoms with E-state index in [-0.39, 0.29) is 6.23 Å². The van der Waals surface area contributed by atoms with Crippen LogP contribution < -0.4 is 4.74 Å². The van der Waals surface area contributed by atoms with Gasteiger partial charge >= 0.3 is 6.01 Å². The van der Waals surface area contributed by atoms with Gasteiger partial charge in [-0.05, 0) is 63.6 Å². The number of fused-ring (bicyclic) bond motifs is 2. The zero-order valence-corrected chi connectivity index (χ0v) is 21.1. The molecule has 8 nitrogen and oxygen atoms in total. The van der Waals surface area contributed by atoms with Crippen molar-refractivity contribution in [2.75, 3.05) is 13.7 Å². The molecule has 3 fully saturated rings. The molecule has 3 aromatic heterocycles. The van der Waals surface area contributed by atoms with Gasteiger partial charge in [-0.1, -0.05) is 30.3 Å². The molecule has 188 valence electrons. The number of hydrogen-bond donors (Lipinski definition) is 0. The molecule has 4 aromatic rings. The maximum absolute atomic E-state index is 5.88. The van der Waals surface area contributed by atoms with Gasteiger partial charge in [-0.2, -0.15) is 9.97 Å². The van der Waals surface area contributed by atoms with Gasteiger partial charge in [0.1, 0.15) is 11.3 Å². The lowest BCUT2D eigenvalue weighted by atomic mass is 10.1. The largest absolute Gasteiger partial charge is 0.463 e. The minimum absolute atomic E-state index is 0.329. The number of rotatable bonds is 8. The first-order valence-electron chi connectivity index (χ1n) is 12.6. The molecule has 2 saturated heterocycles. The van der Waals surface area contributed by atoms with Gasteiger partial charge in [-0.25, -0.2) is 4.98 Å². The third-order valence-corrected chi connectivity index (χ3v) is 6.72. The molecule has 1 aromatic carbocycles. The van der Waals surface area contributed by atoms with Gasteiger partial charge in [0.05, 0.1) is 24.5 Å². The number of imidazole rings is 1. The van der Waals surface area contributed by atoms with E-state index in [1.165, 1.54) is 24.8 Å². The highest BCUT2D eigenvalue weighted by Crippen LogP contribution is 2.36. The molecule has 0 radical (unpaired) electrons. The fraction of sp³-hybridized carbons (Fsp3) is 0.429. The van der Waals surface area contributed by atoms with E-state index in [4.69, 9.17) is 14.2 Å². The van der Waals surface area contributed by atoms with Crippen LogP contribution in [0.4, 0.5) is 0 Å². The standard InChI is InChI=1S/C23H25N5O2.C5H8O/c1-16-20-21(27-23(25-16)30-15-7-8-18-11-13-24-14-12-18)28(17(2)26-20)22(29-3)19-9-5-4-6-10-19;1-2-5-3-4(1)6-5/h4-6,9-14,22H,7-8,15H2,1-3H3;4-5H,1-3H2. The highest BCUT2D eigenvalue weighted by Gasteiger charge is 2.36. The molecule has 0 N–H and O–H groups in total. The highest BCUT2D eigenvalue weighted by molar-refractivity contribution is 5.74. The highest BCUT2D eigenvalue weighted by atomic mass is 16.5. The van der Waals surface area contributed by atoms with E-state index in [0.717, 1.165) is 35.4 Å². The molecule has 2 aliphatic heterocycles. The topological polar surface area (TPSA) is 84.2 Å². The molecule has 36 heavy (non-hydrogen) atoms. The van der Waals surface area contributed by atoms with Crippen LogP contribution in [0, 0.1) is 13.8 Å². The molecule has 3 atom stereocenters. The van der Waals surface area contributed by atoms with E-state index < -0.39 is 0 Å². The van der Waals surface area contributed by atoms with Crippen molar-refractivity contribution in [3.05, 3.63) is 77.5 Å². The number of hydrogen-bond acceptors (Lipinski definition) is 7. The first-order chi connectivity index (χ1) is 17.6. The van der Waals surface area contributed by atoms with Crippen LogP contribution in [0.15, 0.2) is 54.9 Å². The molecule has 1 saturated carbocycles. The maximum Gasteiger partial charge on any atom is 0.318 e. The number of aryl methyl sites for hydroxylation is 3. The van der Waals surface area contributed by atoms with Crippen molar-refractivity contribution in [2.45, 2.75) is 64.4 Å². The summed E-state index contributed by atoms with van der Waals surface area (Å²) in [5.74, 6) is 0.813. The Morgan fingerprint density at radius 3 is 2.36 bits per heavy atom. The molecule has 3 unspecified atom stereocenters. The Morgan fingerprint density at radius 2 is 1.72 bits per heavy atom. The Kier molecular flexibility index (Phi) is 7.53. The molecular weight excluding hydrogens is 454 g/mol. The average molecular weight is 488 g/mol. The van der Waals surface area contributed by atoms with Gasteiger partial charge in [0.25, 0.3) is 0 Å². The van der Waals surface area contributed by atoms with E-state index in [9.17, 15) is 0 Å². The zero-order chi connectivity index (χ0) is 24.9. The summed E-state index contributed by atoms with van der Waals surface area (Å²) in [7, 11) is 1.69. The second kappa shape index (κ2) is 11.1. The molecule has 8 heteroatoms. The lowest BCUT2D eigenvalue weighted by Crippen LogP contribution is -2.25. The SMILES string of the molecule is C1CC2CC1O2.COC(c1ccccc1)n1c(C)nc2c(C)nc(OCCCc3ccncc3)nc21. The van der Waals surface area contributed by atoms with Crippen LogP contribution in [0.5, 0.6) is 6.01 Å². The summed E-state index contributed by atoms with van der Waals surface area (Å²) >= 11 is 0. The van der Waals surface area contributed by atoms with Crippen LogP contribution >= 0.6 is 0 Å². The van der Waals surface area contributed by atoms with Gasteiger partial charge in [0, 0.05) is 25.1 Å². The van der Waals surface area contributed by atoms with Gasteiger partial charge in [-0.3, -0.25) is 9.55 Å². The summed E-state index contributed by atoms with van der Waals surface area (Å²) in [6, 6.07) is 14.4. The van der Waals surface area contributed by atoms with E-state index in [2.05, 4.69) is 19.9 Å². The predicted molar refractivity (Wildman–Crippen MR) is 137 cm³/mol. The average Bonchev–Trinajstić information content (AvgIpc) is 3.62. The van der Waals surface area contributed by atoms with Crippen molar-refractivity contribution in [1.82, 2.24) is 24.5 Å².